The third-order valence-corrected chi connectivity index (χ3v) is 5.61. The molecule has 1 heterocycles. The Labute approximate surface area is 190 Å². The molecule has 1 amide bonds. The molecular weight excluding hydrogens is 428 g/mol. The van der Waals surface area contributed by atoms with Crippen LogP contribution in [0, 0.1) is 0 Å². The van der Waals surface area contributed by atoms with Crippen LogP contribution in [-0.4, -0.2) is 40.9 Å². The van der Waals surface area contributed by atoms with Crippen molar-refractivity contribution in [3.63, 3.8) is 0 Å². The number of hydrogen-bond acceptors (Lipinski definition) is 4. The van der Waals surface area contributed by atoms with E-state index in [0.717, 1.165) is 11.1 Å². The molecule has 1 N–H and O–H groups in total. The summed E-state index contributed by atoms with van der Waals surface area (Å²) in [6, 6.07) is 20.8. The number of amides is 1. The highest BCUT2D eigenvalue weighted by Crippen LogP contribution is 2.31. The Balaban J connectivity index is 1.77. The number of carboxylic acids is 1. The number of halogens is 1. The van der Waals surface area contributed by atoms with Gasteiger partial charge in [-0.15, -0.1) is 0 Å². The molecule has 0 aromatic heterocycles. The van der Waals surface area contributed by atoms with Gasteiger partial charge in [-0.1, -0.05) is 54.1 Å². The van der Waals surface area contributed by atoms with Gasteiger partial charge in [0.25, 0.3) is 5.91 Å². The summed E-state index contributed by atoms with van der Waals surface area (Å²) in [7, 11) is 1.54. The Hall–Kier alpha value is -3.64. The molecule has 0 radical (unpaired) electrons. The van der Waals surface area contributed by atoms with Crippen LogP contribution < -0.4 is 0 Å². The first-order chi connectivity index (χ1) is 15.5. The predicted octanol–water partition coefficient (Wildman–Crippen LogP) is 4.98. The highest BCUT2D eigenvalue weighted by atomic mass is 35.5. The number of rotatable bonds is 5. The summed E-state index contributed by atoms with van der Waals surface area (Å²) in [4.78, 5) is 31.2. The topological polar surface area (TPSA) is 79.2 Å². The highest BCUT2D eigenvalue weighted by Gasteiger charge is 2.34. The Morgan fingerprint density at radius 2 is 1.78 bits per heavy atom. The van der Waals surface area contributed by atoms with Gasteiger partial charge in [-0.05, 0) is 41.5 Å². The van der Waals surface area contributed by atoms with Gasteiger partial charge < -0.3 is 14.7 Å². The van der Waals surface area contributed by atoms with Gasteiger partial charge in [-0.3, -0.25) is 4.79 Å². The number of carboxylic acid groups (broad SMARTS) is 1. The average Bonchev–Trinajstić information content (AvgIpc) is 2.90. The van der Waals surface area contributed by atoms with Gasteiger partial charge in [0.15, 0.2) is 0 Å². The van der Waals surface area contributed by atoms with Gasteiger partial charge >= 0.3 is 5.97 Å². The number of hydrogen-bond donors (Lipinski definition) is 1. The molecule has 4 rings (SSSR count). The van der Waals surface area contributed by atoms with Crippen LogP contribution in [0.4, 0.5) is 5.69 Å². The maximum Gasteiger partial charge on any atom is 0.335 e. The smallest absolute Gasteiger partial charge is 0.335 e. The number of aromatic carboxylic acids is 1. The van der Waals surface area contributed by atoms with Gasteiger partial charge in [0, 0.05) is 18.0 Å². The van der Waals surface area contributed by atoms with Gasteiger partial charge in [0.2, 0.25) is 5.90 Å². The molecule has 0 spiro atoms. The van der Waals surface area contributed by atoms with E-state index < -0.39 is 12.0 Å². The Morgan fingerprint density at radius 3 is 2.44 bits per heavy atom. The van der Waals surface area contributed by atoms with Crippen molar-refractivity contribution in [3.05, 3.63) is 100 Å². The number of carbonyl (C=O) groups excluding carboxylic acids is 1. The van der Waals surface area contributed by atoms with Crippen LogP contribution in [0.2, 0.25) is 5.02 Å². The molecule has 0 bridgehead atoms. The molecule has 0 saturated heterocycles. The Bertz CT molecular complexity index is 1180. The largest absolute Gasteiger partial charge is 0.483 e. The van der Waals surface area contributed by atoms with Gasteiger partial charge in [0.05, 0.1) is 23.9 Å². The lowest BCUT2D eigenvalue weighted by Gasteiger charge is -2.31. The Kier molecular flexibility index (Phi) is 6.23. The fourth-order valence-electron chi connectivity index (χ4n) is 3.75. The molecule has 1 aliphatic rings. The first kappa shape index (κ1) is 21.6. The summed E-state index contributed by atoms with van der Waals surface area (Å²) in [5.74, 6) is -0.787. The first-order valence-electron chi connectivity index (χ1n) is 10.1. The van der Waals surface area contributed by atoms with Crippen molar-refractivity contribution in [3.8, 4) is 0 Å². The summed E-state index contributed by atoms with van der Waals surface area (Å²) < 4.78 is 5.65. The summed E-state index contributed by atoms with van der Waals surface area (Å²) in [5.41, 5.74) is 2.92. The number of ether oxygens (including phenoxy) is 1. The summed E-state index contributed by atoms with van der Waals surface area (Å²) in [6.07, 6.45) is 0.508. The fourth-order valence-corrected chi connectivity index (χ4v) is 3.92. The van der Waals surface area contributed by atoms with Crippen LogP contribution in [0.25, 0.3) is 0 Å². The van der Waals surface area contributed by atoms with Crippen LogP contribution in [0.5, 0.6) is 0 Å². The van der Waals surface area contributed by atoms with E-state index in [1.807, 2.05) is 30.3 Å². The second-order valence-corrected chi connectivity index (χ2v) is 7.89. The number of nitrogens with zero attached hydrogens (tertiary/aromatic N) is 2. The van der Waals surface area contributed by atoms with E-state index in [-0.39, 0.29) is 18.0 Å². The van der Waals surface area contributed by atoms with Crippen LogP contribution in [0.1, 0.15) is 31.8 Å². The predicted molar refractivity (Wildman–Crippen MR) is 123 cm³/mol. The van der Waals surface area contributed by atoms with Crippen molar-refractivity contribution in [1.29, 1.82) is 0 Å². The average molecular weight is 449 g/mol. The number of benzene rings is 3. The van der Waals surface area contributed by atoms with Crippen LogP contribution >= 0.6 is 11.6 Å². The van der Waals surface area contributed by atoms with E-state index in [9.17, 15) is 14.7 Å². The molecule has 1 atom stereocenters. The second-order valence-electron chi connectivity index (χ2n) is 7.46. The standard InChI is InChI=1S/C25H21ClN2O4/c1-32-23-22(13-16-5-3-2-4-6-16)28(15-17-7-9-18(10-8-17)25(30)31)24(29)20-12-11-19(26)14-21(20)27-23/h2-12,14,22H,13,15H2,1H3,(H,30,31). The third-order valence-electron chi connectivity index (χ3n) is 5.38. The van der Waals surface area contributed by atoms with E-state index in [1.54, 1.807) is 35.2 Å². The van der Waals surface area contributed by atoms with Crippen molar-refractivity contribution < 1.29 is 19.4 Å². The van der Waals surface area contributed by atoms with Gasteiger partial charge in [0.1, 0.15) is 6.04 Å². The van der Waals surface area contributed by atoms with Crippen molar-refractivity contribution in [2.45, 2.75) is 19.0 Å². The second kappa shape index (κ2) is 9.24. The van der Waals surface area contributed by atoms with Gasteiger partial charge in [-0.25, -0.2) is 9.79 Å². The maximum absolute atomic E-state index is 13.6. The fraction of sp³-hybridized carbons (Fsp3) is 0.160. The molecule has 0 fully saturated rings. The SMILES string of the molecule is COC1=Nc2cc(Cl)ccc2C(=O)N(Cc2ccc(C(=O)O)cc2)C1Cc1ccccc1. The molecule has 3 aromatic rings. The lowest BCUT2D eigenvalue weighted by molar-refractivity contribution is 0.0686. The molecule has 0 saturated carbocycles. The van der Waals surface area contributed by atoms with Crippen molar-refractivity contribution >= 4 is 35.1 Å². The maximum atomic E-state index is 13.6. The first-order valence-corrected chi connectivity index (χ1v) is 10.4. The molecule has 1 unspecified atom stereocenters. The number of carbonyl (C=O) groups is 2. The normalized spacial score (nSPS) is 15.6. The van der Waals surface area contributed by atoms with E-state index in [0.29, 0.717) is 28.6 Å². The molecule has 0 aliphatic carbocycles. The zero-order valence-electron chi connectivity index (χ0n) is 17.4. The number of aliphatic imine (C=N–C) groups is 1. The molecule has 162 valence electrons. The summed E-state index contributed by atoms with van der Waals surface area (Å²) >= 11 is 6.16. The molecule has 3 aromatic carbocycles. The lowest BCUT2D eigenvalue weighted by Crippen LogP contribution is -2.45. The monoisotopic (exact) mass is 448 g/mol. The summed E-state index contributed by atoms with van der Waals surface area (Å²) in [5, 5.41) is 9.65. The molecule has 1 aliphatic heterocycles. The Morgan fingerprint density at radius 1 is 1.06 bits per heavy atom. The minimum absolute atomic E-state index is 0.191. The van der Waals surface area contributed by atoms with Crippen molar-refractivity contribution in [2.75, 3.05) is 7.11 Å². The molecule has 32 heavy (non-hydrogen) atoms. The van der Waals surface area contributed by atoms with Crippen molar-refractivity contribution in [1.82, 2.24) is 4.90 Å². The zero-order valence-corrected chi connectivity index (χ0v) is 18.1. The van der Waals surface area contributed by atoms with Gasteiger partial charge in [-0.2, -0.15) is 0 Å². The van der Waals surface area contributed by atoms with E-state index in [1.165, 1.54) is 19.2 Å². The molecule has 7 heteroatoms. The van der Waals surface area contributed by atoms with E-state index in [4.69, 9.17) is 16.3 Å². The number of methoxy groups -OCH3 is 1. The zero-order chi connectivity index (χ0) is 22.7. The quantitative estimate of drug-likeness (QED) is 0.596. The molecular formula is C25H21ClN2O4. The van der Waals surface area contributed by atoms with Crippen LogP contribution in [0.3, 0.4) is 0 Å². The van der Waals surface area contributed by atoms with Crippen molar-refractivity contribution in [2.24, 2.45) is 4.99 Å². The third kappa shape index (κ3) is 4.50. The summed E-state index contributed by atoms with van der Waals surface area (Å²) in [6.45, 7) is 0.265. The molecule has 6 nitrogen and oxygen atoms in total. The number of fused-ring (bicyclic) bond motifs is 1. The minimum atomic E-state index is -0.996. The lowest BCUT2D eigenvalue weighted by atomic mass is 10.0. The van der Waals surface area contributed by atoms with Crippen LogP contribution in [0.15, 0.2) is 77.8 Å². The minimum Gasteiger partial charge on any atom is -0.483 e. The highest BCUT2D eigenvalue weighted by molar-refractivity contribution is 6.31. The van der Waals surface area contributed by atoms with E-state index in [2.05, 4.69) is 4.99 Å². The van der Waals surface area contributed by atoms with E-state index >= 15 is 0 Å². The van der Waals surface area contributed by atoms with Crippen LogP contribution in [-0.2, 0) is 17.7 Å².